The number of rotatable bonds is 5. The highest BCUT2D eigenvalue weighted by molar-refractivity contribution is 7.08. The Kier molecular flexibility index (Phi) is 5.31. The van der Waals surface area contributed by atoms with Gasteiger partial charge in [-0.2, -0.15) is 11.3 Å². The molecule has 1 aromatic carbocycles. The van der Waals surface area contributed by atoms with Crippen molar-refractivity contribution < 1.29 is 9.53 Å². The van der Waals surface area contributed by atoms with Gasteiger partial charge < -0.3 is 9.64 Å². The first kappa shape index (κ1) is 16.0. The van der Waals surface area contributed by atoms with E-state index in [1.165, 1.54) is 5.56 Å². The summed E-state index contributed by atoms with van der Waals surface area (Å²) in [5.74, 6) is 1.08. The second-order valence-corrected chi connectivity index (χ2v) is 6.44. The van der Waals surface area contributed by atoms with E-state index >= 15 is 0 Å². The second kappa shape index (κ2) is 7.62. The summed E-state index contributed by atoms with van der Waals surface area (Å²) in [5, 5.41) is 3.88. The van der Waals surface area contributed by atoms with Crippen LogP contribution in [0.4, 0.5) is 0 Å². The number of amides is 1. The van der Waals surface area contributed by atoms with Crippen molar-refractivity contribution in [1.29, 1.82) is 0 Å². The summed E-state index contributed by atoms with van der Waals surface area (Å²) in [5.41, 5.74) is 2.10. The number of ether oxygens (including phenoxy) is 1. The molecule has 0 spiro atoms. The quantitative estimate of drug-likeness (QED) is 0.844. The molecule has 2 aromatic rings. The van der Waals surface area contributed by atoms with Gasteiger partial charge >= 0.3 is 0 Å². The minimum atomic E-state index is 0.159. The first-order valence-electron chi connectivity index (χ1n) is 8.02. The standard InChI is InChI=1S/C18H22N2O2S/c1-2-22-17-5-3-15(4-6-17)13-19-8-10-20(11-9-19)18(21)16-7-12-23-14-16/h3-7,12,14H,2,8-11,13H2,1H3. The van der Waals surface area contributed by atoms with Crippen molar-refractivity contribution in [3.05, 3.63) is 52.2 Å². The molecule has 122 valence electrons. The number of hydrogen-bond acceptors (Lipinski definition) is 4. The molecule has 1 fully saturated rings. The zero-order chi connectivity index (χ0) is 16.1. The maximum Gasteiger partial charge on any atom is 0.254 e. The van der Waals surface area contributed by atoms with Crippen LogP contribution in [0.25, 0.3) is 0 Å². The summed E-state index contributed by atoms with van der Waals surface area (Å²) < 4.78 is 5.47. The fourth-order valence-corrected chi connectivity index (χ4v) is 3.42. The highest BCUT2D eigenvalue weighted by atomic mass is 32.1. The monoisotopic (exact) mass is 330 g/mol. The Labute approximate surface area is 141 Å². The summed E-state index contributed by atoms with van der Waals surface area (Å²) in [4.78, 5) is 16.7. The van der Waals surface area contributed by atoms with Crippen molar-refractivity contribution in [3.63, 3.8) is 0 Å². The molecular formula is C18H22N2O2S. The van der Waals surface area contributed by atoms with E-state index in [9.17, 15) is 4.79 Å². The third-order valence-corrected chi connectivity index (χ3v) is 4.75. The molecule has 0 atom stereocenters. The van der Waals surface area contributed by atoms with Gasteiger partial charge in [-0.1, -0.05) is 12.1 Å². The van der Waals surface area contributed by atoms with Gasteiger partial charge in [0, 0.05) is 38.1 Å². The predicted molar refractivity (Wildman–Crippen MR) is 93.1 cm³/mol. The minimum Gasteiger partial charge on any atom is -0.494 e. The van der Waals surface area contributed by atoms with Gasteiger partial charge in [0.25, 0.3) is 5.91 Å². The SMILES string of the molecule is CCOc1ccc(CN2CCN(C(=O)c3ccsc3)CC2)cc1. The normalized spacial score (nSPS) is 15.6. The molecule has 0 radical (unpaired) electrons. The number of nitrogens with zero attached hydrogens (tertiary/aromatic N) is 2. The van der Waals surface area contributed by atoms with Crippen LogP contribution in [0, 0.1) is 0 Å². The molecule has 0 unspecified atom stereocenters. The lowest BCUT2D eigenvalue weighted by Gasteiger charge is -2.34. The van der Waals surface area contributed by atoms with Gasteiger partial charge in [0.15, 0.2) is 0 Å². The van der Waals surface area contributed by atoms with E-state index in [0.29, 0.717) is 6.61 Å². The van der Waals surface area contributed by atoms with Crippen LogP contribution < -0.4 is 4.74 Å². The number of benzene rings is 1. The summed E-state index contributed by atoms with van der Waals surface area (Å²) in [6.07, 6.45) is 0. The van der Waals surface area contributed by atoms with Crippen LogP contribution in [0.3, 0.4) is 0 Å². The molecule has 1 aliphatic rings. The van der Waals surface area contributed by atoms with Gasteiger partial charge in [-0.3, -0.25) is 9.69 Å². The van der Waals surface area contributed by atoms with Crippen LogP contribution in [-0.4, -0.2) is 48.5 Å². The minimum absolute atomic E-state index is 0.159. The van der Waals surface area contributed by atoms with Crippen LogP contribution >= 0.6 is 11.3 Å². The largest absolute Gasteiger partial charge is 0.494 e. The Morgan fingerprint density at radius 3 is 2.48 bits per heavy atom. The maximum absolute atomic E-state index is 12.3. The average Bonchev–Trinajstić information content (AvgIpc) is 3.11. The molecule has 1 saturated heterocycles. The second-order valence-electron chi connectivity index (χ2n) is 5.66. The number of carbonyl (C=O) groups is 1. The Morgan fingerprint density at radius 2 is 1.87 bits per heavy atom. The summed E-state index contributed by atoms with van der Waals surface area (Å²) in [6.45, 7) is 7.04. The highest BCUT2D eigenvalue weighted by Gasteiger charge is 2.22. The molecule has 0 aliphatic carbocycles. The van der Waals surface area contributed by atoms with E-state index in [4.69, 9.17) is 4.74 Å². The molecule has 0 N–H and O–H groups in total. The zero-order valence-corrected chi connectivity index (χ0v) is 14.2. The Balaban J connectivity index is 1.50. The van der Waals surface area contributed by atoms with Gasteiger partial charge in [-0.15, -0.1) is 0 Å². The van der Waals surface area contributed by atoms with Crippen LogP contribution in [-0.2, 0) is 6.54 Å². The molecule has 3 rings (SSSR count). The molecule has 1 aliphatic heterocycles. The van der Waals surface area contributed by atoms with Gasteiger partial charge in [0.05, 0.1) is 12.2 Å². The van der Waals surface area contributed by atoms with Crippen molar-refractivity contribution in [2.24, 2.45) is 0 Å². The Bertz CT molecular complexity index is 617. The third-order valence-electron chi connectivity index (χ3n) is 4.07. The molecule has 4 nitrogen and oxygen atoms in total. The number of carbonyl (C=O) groups excluding carboxylic acids is 1. The smallest absolute Gasteiger partial charge is 0.254 e. The van der Waals surface area contributed by atoms with Crippen molar-refractivity contribution in [1.82, 2.24) is 9.80 Å². The van der Waals surface area contributed by atoms with E-state index in [0.717, 1.165) is 44.0 Å². The first-order chi connectivity index (χ1) is 11.3. The lowest BCUT2D eigenvalue weighted by molar-refractivity contribution is 0.0629. The van der Waals surface area contributed by atoms with Crippen LogP contribution in [0.5, 0.6) is 5.75 Å². The molecule has 2 heterocycles. The summed E-state index contributed by atoms with van der Waals surface area (Å²) >= 11 is 1.57. The average molecular weight is 330 g/mol. The van der Waals surface area contributed by atoms with Crippen molar-refractivity contribution in [3.8, 4) is 5.75 Å². The van der Waals surface area contributed by atoms with Crippen molar-refractivity contribution >= 4 is 17.2 Å². The molecule has 0 bridgehead atoms. The van der Waals surface area contributed by atoms with E-state index in [2.05, 4.69) is 17.0 Å². The van der Waals surface area contributed by atoms with Crippen molar-refractivity contribution in [2.75, 3.05) is 32.8 Å². The topological polar surface area (TPSA) is 32.8 Å². The van der Waals surface area contributed by atoms with Crippen LogP contribution in [0.15, 0.2) is 41.1 Å². The molecule has 1 aromatic heterocycles. The molecular weight excluding hydrogens is 308 g/mol. The molecule has 0 saturated carbocycles. The van der Waals surface area contributed by atoms with Gasteiger partial charge in [-0.05, 0) is 36.1 Å². The first-order valence-corrected chi connectivity index (χ1v) is 8.96. The Morgan fingerprint density at radius 1 is 1.13 bits per heavy atom. The lowest BCUT2D eigenvalue weighted by Crippen LogP contribution is -2.48. The lowest BCUT2D eigenvalue weighted by atomic mass is 10.2. The van der Waals surface area contributed by atoms with Crippen LogP contribution in [0.2, 0.25) is 0 Å². The van der Waals surface area contributed by atoms with E-state index in [1.54, 1.807) is 11.3 Å². The highest BCUT2D eigenvalue weighted by Crippen LogP contribution is 2.16. The van der Waals surface area contributed by atoms with E-state index < -0.39 is 0 Å². The summed E-state index contributed by atoms with van der Waals surface area (Å²) in [7, 11) is 0. The van der Waals surface area contributed by atoms with Gasteiger partial charge in [-0.25, -0.2) is 0 Å². The zero-order valence-electron chi connectivity index (χ0n) is 13.4. The van der Waals surface area contributed by atoms with E-state index in [-0.39, 0.29) is 5.91 Å². The maximum atomic E-state index is 12.3. The number of hydrogen-bond donors (Lipinski definition) is 0. The van der Waals surface area contributed by atoms with Crippen LogP contribution in [0.1, 0.15) is 22.8 Å². The molecule has 23 heavy (non-hydrogen) atoms. The predicted octanol–water partition coefficient (Wildman–Crippen LogP) is 3.10. The molecule has 1 amide bonds. The van der Waals surface area contributed by atoms with Crippen molar-refractivity contribution in [2.45, 2.75) is 13.5 Å². The summed E-state index contributed by atoms with van der Waals surface area (Å²) in [6, 6.07) is 10.2. The number of thiophene rings is 1. The fourth-order valence-electron chi connectivity index (χ4n) is 2.79. The fraction of sp³-hybridized carbons (Fsp3) is 0.389. The molecule has 5 heteroatoms. The van der Waals surface area contributed by atoms with Gasteiger partial charge in [0.1, 0.15) is 5.75 Å². The number of piperazine rings is 1. The third kappa shape index (κ3) is 4.12. The van der Waals surface area contributed by atoms with E-state index in [1.807, 2.05) is 40.8 Å². The van der Waals surface area contributed by atoms with Gasteiger partial charge in [0.2, 0.25) is 0 Å². The Hall–Kier alpha value is -1.85.